The normalized spacial score (nSPS) is 11.6. The molecule has 20 heavy (non-hydrogen) atoms. The van der Waals surface area contributed by atoms with Crippen LogP contribution in [0.15, 0.2) is 52.7 Å². The highest BCUT2D eigenvalue weighted by Crippen LogP contribution is 2.28. The number of aromatic nitrogens is 2. The first-order chi connectivity index (χ1) is 9.66. The third kappa shape index (κ3) is 2.18. The van der Waals surface area contributed by atoms with Gasteiger partial charge in [0.05, 0.1) is 10.7 Å². The van der Waals surface area contributed by atoms with Crippen molar-refractivity contribution in [1.82, 2.24) is 9.38 Å². The van der Waals surface area contributed by atoms with Crippen LogP contribution < -0.4 is 0 Å². The number of imidazole rings is 1. The van der Waals surface area contributed by atoms with E-state index in [4.69, 9.17) is 11.6 Å². The quantitative estimate of drug-likeness (QED) is 0.609. The molecule has 5 heteroatoms. The van der Waals surface area contributed by atoms with Crippen molar-refractivity contribution in [3.8, 4) is 0 Å². The van der Waals surface area contributed by atoms with E-state index < -0.39 is 0 Å². The maximum Gasteiger partial charge on any atom is 0.182 e. The Kier molecular flexibility index (Phi) is 3.24. The van der Waals surface area contributed by atoms with Crippen molar-refractivity contribution in [3.63, 3.8) is 0 Å². The van der Waals surface area contributed by atoms with Crippen LogP contribution in [-0.4, -0.2) is 9.38 Å². The average molecular weight is 285 g/mol. The lowest BCUT2D eigenvalue weighted by atomic mass is 10.3. The van der Waals surface area contributed by atoms with Gasteiger partial charge in [-0.1, -0.05) is 29.8 Å². The van der Waals surface area contributed by atoms with Crippen molar-refractivity contribution in [2.45, 2.75) is 13.8 Å². The maximum absolute atomic E-state index is 6.08. The highest BCUT2D eigenvalue weighted by Gasteiger charge is 2.09. The van der Waals surface area contributed by atoms with Gasteiger partial charge in [-0.2, -0.15) is 0 Å². The average Bonchev–Trinajstić information content (AvgIpc) is 2.75. The van der Waals surface area contributed by atoms with E-state index in [-0.39, 0.29) is 0 Å². The van der Waals surface area contributed by atoms with E-state index in [1.54, 1.807) is 6.07 Å². The van der Waals surface area contributed by atoms with Crippen LogP contribution in [0.1, 0.15) is 11.4 Å². The van der Waals surface area contributed by atoms with Gasteiger partial charge in [0.15, 0.2) is 5.82 Å². The largest absolute Gasteiger partial charge is 0.280 e. The summed E-state index contributed by atoms with van der Waals surface area (Å²) in [6.07, 6.45) is 0. The second kappa shape index (κ2) is 5.06. The fourth-order valence-corrected chi connectivity index (χ4v) is 2.27. The zero-order valence-corrected chi connectivity index (χ0v) is 12.0. The summed E-state index contributed by atoms with van der Waals surface area (Å²) in [5, 5.41) is 9.14. The van der Waals surface area contributed by atoms with E-state index in [9.17, 15) is 0 Å². The predicted octanol–water partition coefficient (Wildman–Crippen LogP) is 5.02. The summed E-state index contributed by atoms with van der Waals surface area (Å²) in [5.41, 5.74) is 3.43. The number of rotatable bonds is 2. The van der Waals surface area contributed by atoms with Gasteiger partial charge >= 0.3 is 0 Å². The molecule has 2 heterocycles. The van der Waals surface area contributed by atoms with Crippen molar-refractivity contribution >= 4 is 28.8 Å². The molecule has 3 rings (SSSR count). The Balaban J connectivity index is 2.12. The first-order valence-corrected chi connectivity index (χ1v) is 6.65. The lowest BCUT2D eigenvalue weighted by Gasteiger charge is -2.01. The Morgan fingerprint density at radius 3 is 2.60 bits per heavy atom. The first kappa shape index (κ1) is 12.8. The fraction of sp³-hybridized carbons (Fsp3) is 0.133. The van der Waals surface area contributed by atoms with Crippen LogP contribution in [0.2, 0.25) is 5.02 Å². The molecule has 4 nitrogen and oxygen atoms in total. The van der Waals surface area contributed by atoms with E-state index >= 15 is 0 Å². The smallest absolute Gasteiger partial charge is 0.182 e. The summed E-state index contributed by atoms with van der Waals surface area (Å²) in [7, 11) is 0. The Morgan fingerprint density at radius 1 is 1.00 bits per heavy atom. The Labute approximate surface area is 121 Å². The van der Waals surface area contributed by atoms with Gasteiger partial charge in [-0.05, 0) is 38.1 Å². The van der Waals surface area contributed by atoms with Gasteiger partial charge in [-0.15, -0.1) is 10.2 Å². The minimum Gasteiger partial charge on any atom is -0.280 e. The molecule has 0 aliphatic rings. The molecule has 0 aliphatic carbocycles. The monoisotopic (exact) mass is 284 g/mol. The number of fused-ring (bicyclic) bond motifs is 1. The Bertz CT molecular complexity index is 805. The van der Waals surface area contributed by atoms with Crippen LogP contribution in [0.3, 0.4) is 0 Å². The standard InChI is InChI=1S/C15H13ClN4/c1-10-6-5-9-14-17-11(2)15(20(10)14)19-18-13-8-4-3-7-12(13)16/h3-9H,1-2H3. The molecule has 0 N–H and O–H groups in total. The van der Waals surface area contributed by atoms with Crippen molar-refractivity contribution in [2.24, 2.45) is 10.2 Å². The molecule has 0 radical (unpaired) electrons. The van der Waals surface area contributed by atoms with Crippen molar-refractivity contribution in [1.29, 1.82) is 0 Å². The molecule has 3 aromatic rings. The van der Waals surface area contributed by atoms with Gasteiger partial charge in [0.25, 0.3) is 0 Å². The van der Waals surface area contributed by atoms with Crippen LogP contribution in [0.4, 0.5) is 11.5 Å². The molecule has 0 fully saturated rings. The van der Waals surface area contributed by atoms with E-state index in [2.05, 4.69) is 15.2 Å². The summed E-state index contributed by atoms with van der Waals surface area (Å²) >= 11 is 6.08. The van der Waals surface area contributed by atoms with Crippen molar-refractivity contribution < 1.29 is 0 Å². The lowest BCUT2D eigenvalue weighted by Crippen LogP contribution is -1.88. The van der Waals surface area contributed by atoms with Crippen LogP contribution in [-0.2, 0) is 0 Å². The zero-order valence-electron chi connectivity index (χ0n) is 11.2. The highest BCUT2D eigenvalue weighted by atomic mass is 35.5. The van der Waals surface area contributed by atoms with Gasteiger partial charge in [0.2, 0.25) is 0 Å². The number of nitrogens with zero attached hydrogens (tertiary/aromatic N) is 4. The third-order valence-corrected chi connectivity index (χ3v) is 3.41. The number of aryl methyl sites for hydroxylation is 2. The molecule has 0 aliphatic heterocycles. The second-order valence-corrected chi connectivity index (χ2v) is 4.94. The molecule has 0 unspecified atom stereocenters. The van der Waals surface area contributed by atoms with Gasteiger partial charge < -0.3 is 0 Å². The van der Waals surface area contributed by atoms with E-state index in [1.165, 1.54) is 0 Å². The maximum atomic E-state index is 6.08. The van der Waals surface area contributed by atoms with Gasteiger partial charge in [-0.3, -0.25) is 4.40 Å². The van der Waals surface area contributed by atoms with Crippen LogP contribution >= 0.6 is 11.6 Å². The summed E-state index contributed by atoms with van der Waals surface area (Å²) in [5.74, 6) is 0.734. The number of benzene rings is 1. The highest BCUT2D eigenvalue weighted by molar-refractivity contribution is 6.32. The SMILES string of the molecule is Cc1nc2cccc(C)n2c1N=Nc1ccccc1Cl. The molecule has 0 atom stereocenters. The Hall–Kier alpha value is -2.20. The molecule has 0 saturated heterocycles. The molecule has 2 aromatic heterocycles. The summed E-state index contributed by atoms with van der Waals surface area (Å²) in [6, 6.07) is 13.3. The number of pyridine rings is 1. The zero-order chi connectivity index (χ0) is 14.1. The molecule has 100 valence electrons. The molecule has 0 bridgehead atoms. The first-order valence-electron chi connectivity index (χ1n) is 6.28. The minimum absolute atomic E-state index is 0.583. The summed E-state index contributed by atoms with van der Waals surface area (Å²) in [6.45, 7) is 3.94. The summed E-state index contributed by atoms with van der Waals surface area (Å²) in [4.78, 5) is 4.48. The van der Waals surface area contributed by atoms with Gasteiger partial charge in [0, 0.05) is 5.69 Å². The molecule has 1 aromatic carbocycles. The van der Waals surface area contributed by atoms with Gasteiger partial charge in [0.1, 0.15) is 11.3 Å². The Morgan fingerprint density at radius 2 is 1.80 bits per heavy atom. The number of halogens is 1. The number of azo groups is 1. The van der Waals surface area contributed by atoms with E-state index in [1.807, 2.05) is 54.6 Å². The van der Waals surface area contributed by atoms with E-state index in [0.717, 1.165) is 22.9 Å². The molecular weight excluding hydrogens is 272 g/mol. The molecule has 0 saturated carbocycles. The van der Waals surface area contributed by atoms with Crippen LogP contribution in [0, 0.1) is 13.8 Å². The number of hydrogen-bond acceptors (Lipinski definition) is 3. The fourth-order valence-electron chi connectivity index (χ4n) is 2.10. The van der Waals surface area contributed by atoms with Crippen LogP contribution in [0.5, 0.6) is 0 Å². The van der Waals surface area contributed by atoms with Crippen molar-refractivity contribution in [2.75, 3.05) is 0 Å². The van der Waals surface area contributed by atoms with Crippen molar-refractivity contribution in [3.05, 3.63) is 58.9 Å². The topological polar surface area (TPSA) is 42.0 Å². The molecule has 0 amide bonds. The predicted molar refractivity (Wildman–Crippen MR) is 80.3 cm³/mol. The minimum atomic E-state index is 0.583. The van der Waals surface area contributed by atoms with Crippen LogP contribution in [0.25, 0.3) is 5.65 Å². The molecule has 0 spiro atoms. The number of hydrogen-bond donors (Lipinski definition) is 0. The molecular formula is C15H13ClN4. The third-order valence-electron chi connectivity index (χ3n) is 3.09. The van der Waals surface area contributed by atoms with Gasteiger partial charge in [-0.25, -0.2) is 4.98 Å². The lowest BCUT2D eigenvalue weighted by molar-refractivity contribution is 1.04. The summed E-state index contributed by atoms with van der Waals surface area (Å²) < 4.78 is 1.98. The second-order valence-electron chi connectivity index (χ2n) is 4.53. The van der Waals surface area contributed by atoms with E-state index in [0.29, 0.717) is 10.7 Å².